The Balaban J connectivity index is 1.71. The molecule has 144 valence electrons. The van der Waals surface area contributed by atoms with Crippen LogP contribution in [0.5, 0.6) is 0 Å². The van der Waals surface area contributed by atoms with Crippen LogP contribution >= 0.6 is 0 Å². The van der Waals surface area contributed by atoms with Crippen molar-refractivity contribution < 1.29 is 18.0 Å². The lowest BCUT2D eigenvalue weighted by molar-refractivity contribution is 0.0844. The van der Waals surface area contributed by atoms with Gasteiger partial charge in [0, 0.05) is 17.4 Å². The number of amides is 2. The summed E-state index contributed by atoms with van der Waals surface area (Å²) in [5.41, 5.74) is 6.28. The highest BCUT2D eigenvalue weighted by Crippen LogP contribution is 2.17. The number of sulfonamides is 1. The van der Waals surface area contributed by atoms with Gasteiger partial charge in [0.25, 0.3) is 21.8 Å². The van der Waals surface area contributed by atoms with Gasteiger partial charge >= 0.3 is 0 Å². The number of aryl methyl sites for hydroxylation is 1. The molecule has 0 aliphatic carbocycles. The van der Waals surface area contributed by atoms with E-state index in [0.29, 0.717) is 5.69 Å². The van der Waals surface area contributed by atoms with Gasteiger partial charge in [0.1, 0.15) is 5.69 Å². The van der Waals surface area contributed by atoms with Crippen molar-refractivity contribution in [2.45, 2.75) is 11.8 Å². The quantitative estimate of drug-likeness (QED) is 0.493. The molecule has 3 rings (SSSR count). The van der Waals surface area contributed by atoms with Crippen LogP contribution in [0.15, 0.2) is 71.8 Å². The molecule has 0 spiro atoms. The minimum atomic E-state index is -3.87. The molecule has 28 heavy (non-hydrogen) atoms. The van der Waals surface area contributed by atoms with Gasteiger partial charge in [-0.25, -0.2) is 8.42 Å². The van der Waals surface area contributed by atoms with E-state index in [-0.39, 0.29) is 16.2 Å². The number of aromatic nitrogens is 1. The van der Waals surface area contributed by atoms with Crippen molar-refractivity contribution in [3.8, 4) is 0 Å². The van der Waals surface area contributed by atoms with Crippen LogP contribution in [0, 0.1) is 6.92 Å². The fourth-order valence-corrected chi connectivity index (χ4v) is 3.47. The highest BCUT2D eigenvalue weighted by atomic mass is 32.2. The summed E-state index contributed by atoms with van der Waals surface area (Å²) < 4.78 is 27.6. The largest absolute Gasteiger partial charge is 0.357 e. The summed E-state index contributed by atoms with van der Waals surface area (Å²) in [6.45, 7) is 1.90. The first kappa shape index (κ1) is 19.2. The number of hydrogen-bond donors (Lipinski definition) is 4. The molecule has 0 saturated carbocycles. The molecule has 0 aliphatic rings. The topological polar surface area (TPSA) is 120 Å². The first-order valence-electron chi connectivity index (χ1n) is 8.29. The minimum Gasteiger partial charge on any atom is -0.357 e. The van der Waals surface area contributed by atoms with Crippen LogP contribution in [-0.2, 0) is 10.0 Å². The molecule has 0 unspecified atom stereocenters. The second kappa shape index (κ2) is 7.97. The van der Waals surface area contributed by atoms with Crippen molar-refractivity contribution in [2.75, 3.05) is 4.72 Å². The van der Waals surface area contributed by atoms with Crippen molar-refractivity contribution in [1.82, 2.24) is 15.8 Å². The number of H-pyrrole nitrogens is 1. The molecule has 1 heterocycles. The lowest BCUT2D eigenvalue weighted by Gasteiger charge is -2.10. The molecule has 2 aromatic carbocycles. The molecule has 9 heteroatoms. The number of aromatic amines is 1. The van der Waals surface area contributed by atoms with Crippen molar-refractivity contribution in [3.63, 3.8) is 0 Å². The van der Waals surface area contributed by atoms with Gasteiger partial charge in [0.2, 0.25) is 0 Å². The van der Waals surface area contributed by atoms with Gasteiger partial charge in [0.15, 0.2) is 0 Å². The number of carbonyl (C=O) groups excluding carboxylic acids is 2. The molecule has 0 fully saturated rings. The Kier molecular flexibility index (Phi) is 5.46. The van der Waals surface area contributed by atoms with Gasteiger partial charge in [-0.1, -0.05) is 23.8 Å². The van der Waals surface area contributed by atoms with Crippen molar-refractivity contribution >= 4 is 27.5 Å². The number of anilines is 1. The van der Waals surface area contributed by atoms with E-state index in [4.69, 9.17) is 0 Å². The number of carbonyl (C=O) groups is 2. The molecule has 0 aliphatic heterocycles. The fraction of sp³-hybridized carbons (Fsp3) is 0.0526. The Morgan fingerprint density at radius 1 is 0.893 bits per heavy atom. The number of rotatable bonds is 5. The van der Waals surface area contributed by atoms with E-state index in [9.17, 15) is 18.0 Å². The predicted octanol–water partition coefficient (Wildman–Crippen LogP) is 2.20. The smallest absolute Gasteiger partial charge is 0.286 e. The van der Waals surface area contributed by atoms with E-state index in [1.54, 1.807) is 42.6 Å². The summed E-state index contributed by atoms with van der Waals surface area (Å²) in [5.74, 6) is -1.17. The van der Waals surface area contributed by atoms with Crippen molar-refractivity contribution in [3.05, 3.63) is 83.7 Å². The van der Waals surface area contributed by atoms with Gasteiger partial charge < -0.3 is 4.98 Å². The highest BCUT2D eigenvalue weighted by Gasteiger charge is 2.17. The molecular weight excluding hydrogens is 380 g/mol. The van der Waals surface area contributed by atoms with E-state index in [1.165, 1.54) is 24.3 Å². The third kappa shape index (κ3) is 4.57. The first-order chi connectivity index (χ1) is 13.3. The number of benzene rings is 2. The molecule has 0 bridgehead atoms. The maximum Gasteiger partial charge on any atom is 0.286 e. The summed E-state index contributed by atoms with van der Waals surface area (Å²) in [7, 11) is -3.87. The molecule has 3 aromatic rings. The maximum absolute atomic E-state index is 12.6. The normalized spacial score (nSPS) is 10.9. The zero-order valence-electron chi connectivity index (χ0n) is 14.9. The SMILES string of the molecule is Cc1ccc(NS(=O)(=O)c2cccc(C(=O)NNC(=O)c3ccc[nH]3)c2)cc1. The lowest BCUT2D eigenvalue weighted by atomic mass is 10.2. The average molecular weight is 398 g/mol. The Bertz CT molecular complexity index is 1090. The Labute approximate surface area is 162 Å². The summed E-state index contributed by atoms with van der Waals surface area (Å²) in [6, 6.07) is 15.6. The van der Waals surface area contributed by atoms with Gasteiger partial charge in [-0.2, -0.15) is 0 Å². The fourth-order valence-electron chi connectivity index (χ4n) is 2.36. The minimum absolute atomic E-state index is 0.0728. The van der Waals surface area contributed by atoms with Crippen LogP contribution in [0.2, 0.25) is 0 Å². The molecule has 2 amide bonds. The van der Waals surface area contributed by atoms with Crippen LogP contribution in [0.3, 0.4) is 0 Å². The summed E-state index contributed by atoms with van der Waals surface area (Å²) in [5, 5.41) is 0. The van der Waals surface area contributed by atoms with E-state index >= 15 is 0 Å². The van der Waals surface area contributed by atoms with E-state index in [0.717, 1.165) is 5.56 Å². The van der Waals surface area contributed by atoms with Crippen LogP contribution in [0.25, 0.3) is 0 Å². The monoisotopic (exact) mass is 398 g/mol. The van der Waals surface area contributed by atoms with E-state index in [1.807, 2.05) is 6.92 Å². The summed E-state index contributed by atoms with van der Waals surface area (Å²) in [4.78, 5) is 26.7. The highest BCUT2D eigenvalue weighted by molar-refractivity contribution is 7.92. The Morgan fingerprint density at radius 3 is 2.29 bits per heavy atom. The molecular formula is C19H18N4O4S. The molecule has 4 N–H and O–H groups in total. The van der Waals surface area contributed by atoms with Crippen molar-refractivity contribution in [2.24, 2.45) is 0 Å². The van der Waals surface area contributed by atoms with Crippen LogP contribution < -0.4 is 15.6 Å². The molecule has 1 aromatic heterocycles. The van der Waals surface area contributed by atoms with Crippen molar-refractivity contribution in [1.29, 1.82) is 0 Å². The van der Waals surface area contributed by atoms with Gasteiger partial charge in [-0.3, -0.25) is 25.2 Å². The van der Waals surface area contributed by atoms with Gasteiger partial charge in [-0.15, -0.1) is 0 Å². The average Bonchev–Trinajstić information content (AvgIpc) is 3.22. The van der Waals surface area contributed by atoms with E-state index in [2.05, 4.69) is 20.6 Å². The first-order valence-corrected chi connectivity index (χ1v) is 9.77. The molecule has 0 radical (unpaired) electrons. The predicted molar refractivity (Wildman–Crippen MR) is 104 cm³/mol. The third-order valence-electron chi connectivity index (χ3n) is 3.84. The van der Waals surface area contributed by atoms with Crippen LogP contribution in [0.4, 0.5) is 5.69 Å². The Morgan fingerprint density at radius 2 is 1.61 bits per heavy atom. The standard InChI is InChI=1S/C19H18N4O4S/c1-13-7-9-15(10-8-13)23-28(26,27)16-5-2-4-14(12-16)18(24)21-22-19(25)17-6-3-11-20-17/h2-12,20,23H,1H3,(H,21,24)(H,22,25). The summed E-state index contributed by atoms with van der Waals surface area (Å²) >= 11 is 0. The zero-order valence-corrected chi connectivity index (χ0v) is 15.7. The van der Waals surface area contributed by atoms with Crippen LogP contribution in [-0.4, -0.2) is 25.2 Å². The zero-order chi connectivity index (χ0) is 20.1. The Hall–Kier alpha value is -3.59. The van der Waals surface area contributed by atoms with Gasteiger partial charge in [0.05, 0.1) is 4.90 Å². The maximum atomic E-state index is 12.6. The molecule has 8 nitrogen and oxygen atoms in total. The van der Waals surface area contributed by atoms with Gasteiger partial charge in [-0.05, 0) is 49.4 Å². The molecule has 0 atom stereocenters. The van der Waals surface area contributed by atoms with E-state index < -0.39 is 21.8 Å². The lowest BCUT2D eigenvalue weighted by Crippen LogP contribution is -2.41. The number of hydrogen-bond acceptors (Lipinski definition) is 4. The number of hydrazine groups is 1. The summed E-state index contributed by atoms with van der Waals surface area (Å²) in [6.07, 6.45) is 1.58. The third-order valence-corrected chi connectivity index (χ3v) is 5.22. The molecule has 0 saturated heterocycles. The van der Waals surface area contributed by atoms with Crippen LogP contribution in [0.1, 0.15) is 26.4 Å². The number of nitrogens with one attached hydrogen (secondary N) is 4. The second-order valence-electron chi connectivity index (χ2n) is 5.99. The second-order valence-corrected chi connectivity index (χ2v) is 7.67.